The summed E-state index contributed by atoms with van der Waals surface area (Å²) in [7, 11) is 0. The molecular formula is C34H42N4O. The third kappa shape index (κ3) is 5.40. The number of aromatic nitrogens is 2. The van der Waals surface area contributed by atoms with Gasteiger partial charge in [-0.25, -0.2) is 4.68 Å². The summed E-state index contributed by atoms with van der Waals surface area (Å²) < 4.78 is 8.46. The van der Waals surface area contributed by atoms with Crippen LogP contribution in [0.5, 0.6) is 5.75 Å². The smallest absolute Gasteiger partial charge is 0.145 e. The molecule has 0 unspecified atom stereocenters. The van der Waals surface area contributed by atoms with E-state index in [0.717, 1.165) is 59.1 Å². The predicted molar refractivity (Wildman–Crippen MR) is 163 cm³/mol. The molecule has 0 saturated carbocycles. The molecule has 0 radical (unpaired) electrons. The van der Waals surface area contributed by atoms with Gasteiger partial charge >= 0.3 is 0 Å². The Morgan fingerprint density at radius 1 is 0.974 bits per heavy atom. The van der Waals surface area contributed by atoms with Crippen LogP contribution in [0, 0.1) is 19.8 Å². The number of nitrogens with two attached hydrogens (primary N) is 1. The average molecular weight is 523 g/mol. The summed E-state index contributed by atoms with van der Waals surface area (Å²) in [4.78, 5) is 2.52. The number of para-hydroxylation sites is 1. The highest BCUT2D eigenvalue weighted by molar-refractivity contribution is 5.72. The van der Waals surface area contributed by atoms with E-state index in [0.29, 0.717) is 12.5 Å². The number of nitrogen functional groups attached to an aromatic ring is 1. The number of anilines is 2. The zero-order valence-electron chi connectivity index (χ0n) is 24.5. The van der Waals surface area contributed by atoms with Gasteiger partial charge in [0.25, 0.3) is 0 Å². The van der Waals surface area contributed by atoms with Crippen LogP contribution >= 0.6 is 0 Å². The van der Waals surface area contributed by atoms with Crippen LogP contribution in [0.25, 0.3) is 16.9 Å². The zero-order valence-corrected chi connectivity index (χ0v) is 24.5. The fraction of sp³-hybridized carbons (Fsp3) is 0.382. The van der Waals surface area contributed by atoms with E-state index >= 15 is 0 Å². The van der Waals surface area contributed by atoms with Crippen molar-refractivity contribution in [2.24, 2.45) is 5.92 Å². The zero-order chi connectivity index (χ0) is 27.9. The lowest BCUT2D eigenvalue weighted by Gasteiger charge is -2.32. The van der Waals surface area contributed by atoms with Crippen LogP contribution in [-0.4, -0.2) is 22.9 Å². The summed E-state index contributed by atoms with van der Waals surface area (Å²) in [6, 6.07) is 21.4. The third-order valence-electron chi connectivity index (χ3n) is 7.62. The van der Waals surface area contributed by atoms with Crippen molar-refractivity contribution in [3.8, 4) is 22.7 Å². The Morgan fingerprint density at radius 2 is 1.72 bits per heavy atom. The minimum Gasteiger partial charge on any atom is -0.491 e. The molecule has 204 valence electrons. The maximum Gasteiger partial charge on any atom is 0.145 e. The van der Waals surface area contributed by atoms with E-state index in [9.17, 15) is 0 Å². The topological polar surface area (TPSA) is 56.3 Å². The monoisotopic (exact) mass is 522 g/mol. The van der Waals surface area contributed by atoms with Crippen molar-refractivity contribution in [1.82, 2.24) is 9.78 Å². The second kappa shape index (κ2) is 10.4. The van der Waals surface area contributed by atoms with E-state index in [1.807, 2.05) is 12.1 Å². The van der Waals surface area contributed by atoms with E-state index in [1.54, 1.807) is 0 Å². The van der Waals surface area contributed by atoms with Crippen LogP contribution in [0.1, 0.15) is 62.6 Å². The Balaban J connectivity index is 1.66. The summed E-state index contributed by atoms with van der Waals surface area (Å²) in [5.74, 6) is 1.30. The normalized spacial score (nSPS) is 13.6. The van der Waals surface area contributed by atoms with Crippen molar-refractivity contribution in [3.05, 3.63) is 88.6 Å². The first-order valence-electron chi connectivity index (χ1n) is 14.1. The molecule has 0 saturated heterocycles. The van der Waals surface area contributed by atoms with Crippen LogP contribution < -0.4 is 15.4 Å². The Kier molecular flexibility index (Phi) is 7.19. The molecule has 0 atom stereocenters. The molecule has 0 bridgehead atoms. The van der Waals surface area contributed by atoms with Crippen LogP contribution in [0.3, 0.4) is 0 Å². The summed E-state index contributed by atoms with van der Waals surface area (Å²) in [5, 5.41) is 5.25. The average Bonchev–Trinajstić information content (AvgIpc) is 3.25. The van der Waals surface area contributed by atoms with Crippen molar-refractivity contribution in [1.29, 1.82) is 0 Å². The van der Waals surface area contributed by atoms with Gasteiger partial charge in [0.1, 0.15) is 11.4 Å². The lowest BCUT2D eigenvalue weighted by molar-refractivity contribution is 0.270. The van der Waals surface area contributed by atoms with Gasteiger partial charge in [0.05, 0.1) is 18.0 Å². The summed E-state index contributed by atoms with van der Waals surface area (Å²) in [6.45, 7) is 17.9. The number of hydrogen-bond donors (Lipinski definition) is 1. The molecule has 3 aromatic carbocycles. The van der Waals surface area contributed by atoms with Gasteiger partial charge in [-0.1, -0.05) is 71.0 Å². The molecule has 1 aliphatic heterocycles. The largest absolute Gasteiger partial charge is 0.491 e. The molecule has 0 spiro atoms. The molecule has 5 rings (SSSR count). The Labute approximate surface area is 233 Å². The van der Waals surface area contributed by atoms with Crippen molar-refractivity contribution in [3.63, 3.8) is 0 Å². The fourth-order valence-corrected chi connectivity index (χ4v) is 5.37. The Morgan fingerprint density at radius 3 is 2.41 bits per heavy atom. The highest BCUT2D eigenvalue weighted by atomic mass is 16.5. The summed E-state index contributed by atoms with van der Waals surface area (Å²) in [5.41, 5.74) is 17.7. The van der Waals surface area contributed by atoms with Gasteiger partial charge in [-0.05, 0) is 66.1 Å². The van der Waals surface area contributed by atoms with Gasteiger partial charge in [0, 0.05) is 42.0 Å². The number of fused-ring (bicyclic) bond motifs is 1. The van der Waals surface area contributed by atoms with Gasteiger partial charge in [0.2, 0.25) is 0 Å². The number of aryl methyl sites for hydroxylation is 2. The molecule has 5 nitrogen and oxygen atoms in total. The fourth-order valence-electron chi connectivity index (χ4n) is 5.37. The minimum atomic E-state index is 0.0979. The number of nitrogens with zero attached hydrogens (tertiary/aromatic N) is 3. The first-order chi connectivity index (χ1) is 18.5. The van der Waals surface area contributed by atoms with Crippen LogP contribution in [-0.2, 0) is 18.4 Å². The Hall–Kier alpha value is -3.73. The highest BCUT2D eigenvalue weighted by Crippen LogP contribution is 2.39. The number of rotatable bonds is 6. The SMILES string of the molecule is Cc1ccc(C(C)(C)C)cc1N1CCc2nn(-c3c(C)cccc3OCC(C)C)c(-c3ccc(N)cc3)c2C1. The molecule has 5 heteroatoms. The maximum absolute atomic E-state index is 6.34. The molecule has 1 aliphatic rings. The van der Waals surface area contributed by atoms with Crippen LogP contribution in [0.15, 0.2) is 60.7 Å². The minimum absolute atomic E-state index is 0.0979. The molecule has 39 heavy (non-hydrogen) atoms. The molecule has 0 amide bonds. The molecule has 4 aromatic rings. The third-order valence-corrected chi connectivity index (χ3v) is 7.62. The lowest BCUT2D eigenvalue weighted by atomic mass is 9.86. The van der Waals surface area contributed by atoms with Crippen molar-refractivity contribution < 1.29 is 4.74 Å². The molecule has 1 aromatic heterocycles. The van der Waals surface area contributed by atoms with Gasteiger partial charge in [0.15, 0.2) is 0 Å². The quantitative estimate of drug-likeness (QED) is 0.265. The number of benzene rings is 3. The van der Waals surface area contributed by atoms with Crippen molar-refractivity contribution in [2.45, 2.75) is 66.8 Å². The maximum atomic E-state index is 6.34. The van der Waals surface area contributed by atoms with E-state index in [4.69, 9.17) is 15.6 Å². The molecular weight excluding hydrogens is 480 g/mol. The van der Waals surface area contributed by atoms with Crippen LogP contribution in [0.4, 0.5) is 11.4 Å². The van der Waals surface area contributed by atoms with E-state index in [2.05, 4.69) is 107 Å². The second-order valence-electron chi connectivity index (χ2n) is 12.4. The van der Waals surface area contributed by atoms with Gasteiger partial charge < -0.3 is 15.4 Å². The number of ether oxygens (including phenoxy) is 1. The van der Waals surface area contributed by atoms with E-state index in [-0.39, 0.29) is 5.41 Å². The standard InChI is InChI=1S/C34H42N4O/c1-22(2)21-39-31-10-8-9-24(4)32(31)38-33(25-12-15-27(35)16-13-25)28-20-37(18-17-29(28)36-38)30-19-26(34(5,6)7)14-11-23(30)3/h8-16,19,22H,17-18,20-21,35H2,1-7H3. The first-order valence-corrected chi connectivity index (χ1v) is 14.1. The van der Waals surface area contributed by atoms with E-state index in [1.165, 1.54) is 22.4 Å². The lowest BCUT2D eigenvalue weighted by Crippen LogP contribution is -2.31. The number of hydrogen-bond acceptors (Lipinski definition) is 4. The summed E-state index contributed by atoms with van der Waals surface area (Å²) >= 11 is 0. The van der Waals surface area contributed by atoms with Gasteiger partial charge in [-0.3, -0.25) is 0 Å². The summed E-state index contributed by atoms with van der Waals surface area (Å²) in [6.07, 6.45) is 0.886. The van der Waals surface area contributed by atoms with Crippen molar-refractivity contribution in [2.75, 3.05) is 23.8 Å². The predicted octanol–water partition coefficient (Wildman–Crippen LogP) is 7.63. The second-order valence-corrected chi connectivity index (χ2v) is 12.4. The van der Waals surface area contributed by atoms with E-state index < -0.39 is 0 Å². The van der Waals surface area contributed by atoms with Crippen LogP contribution in [0.2, 0.25) is 0 Å². The molecule has 0 aliphatic carbocycles. The Bertz CT molecular complexity index is 1470. The highest BCUT2D eigenvalue weighted by Gasteiger charge is 2.29. The van der Waals surface area contributed by atoms with Gasteiger partial charge in [-0.15, -0.1) is 0 Å². The van der Waals surface area contributed by atoms with Crippen molar-refractivity contribution >= 4 is 11.4 Å². The molecule has 0 fully saturated rings. The molecule has 2 N–H and O–H groups in total. The van der Waals surface area contributed by atoms with Gasteiger partial charge in [-0.2, -0.15) is 5.10 Å². The first kappa shape index (κ1) is 26.9. The molecule has 2 heterocycles.